The molecule has 0 saturated heterocycles. The summed E-state index contributed by atoms with van der Waals surface area (Å²) in [6, 6.07) is 15.8. The minimum absolute atomic E-state index is 0.0131. The summed E-state index contributed by atoms with van der Waals surface area (Å²) < 4.78 is 42.3. The maximum absolute atomic E-state index is 13.9. The van der Waals surface area contributed by atoms with Gasteiger partial charge in [0.1, 0.15) is 18.4 Å². The third-order valence-electron chi connectivity index (χ3n) is 6.38. The van der Waals surface area contributed by atoms with Crippen molar-refractivity contribution in [1.29, 1.82) is 0 Å². The van der Waals surface area contributed by atoms with E-state index in [1.54, 1.807) is 44.2 Å². The molecule has 7 nitrogen and oxygen atoms in total. The first kappa shape index (κ1) is 30.1. The summed E-state index contributed by atoms with van der Waals surface area (Å²) in [5.41, 5.74) is 2.21. The van der Waals surface area contributed by atoms with Gasteiger partial charge in [-0.25, -0.2) is 12.8 Å². The van der Waals surface area contributed by atoms with Crippen molar-refractivity contribution in [1.82, 2.24) is 10.2 Å². The summed E-state index contributed by atoms with van der Waals surface area (Å²) in [4.78, 5) is 28.1. The third-order valence-corrected chi connectivity index (χ3v) is 8.56. The molecule has 0 aliphatic carbocycles. The molecule has 0 aliphatic heterocycles. The zero-order chi connectivity index (χ0) is 28.7. The summed E-state index contributed by atoms with van der Waals surface area (Å²) >= 11 is 6.33. The van der Waals surface area contributed by atoms with Crippen molar-refractivity contribution < 1.29 is 22.4 Å². The van der Waals surface area contributed by atoms with Crippen molar-refractivity contribution in [3.05, 3.63) is 94.3 Å². The van der Waals surface area contributed by atoms with E-state index in [9.17, 15) is 22.4 Å². The Labute approximate surface area is 234 Å². The van der Waals surface area contributed by atoms with Crippen molar-refractivity contribution in [3.8, 4) is 0 Å². The number of carbonyl (C=O) groups excluding carboxylic acids is 2. The Bertz CT molecular complexity index is 1410. The van der Waals surface area contributed by atoms with Crippen molar-refractivity contribution >= 4 is 39.1 Å². The van der Waals surface area contributed by atoms with E-state index >= 15 is 0 Å². The highest BCUT2D eigenvalue weighted by Crippen LogP contribution is 2.31. The van der Waals surface area contributed by atoms with Gasteiger partial charge in [0.05, 0.1) is 10.6 Å². The second-order valence-electron chi connectivity index (χ2n) is 9.32. The quantitative estimate of drug-likeness (QED) is 0.340. The first-order valence-electron chi connectivity index (χ1n) is 12.6. The van der Waals surface area contributed by atoms with Crippen LogP contribution in [0.4, 0.5) is 10.1 Å². The average Bonchev–Trinajstić information content (AvgIpc) is 2.91. The number of carbonyl (C=O) groups is 2. The third kappa shape index (κ3) is 7.36. The van der Waals surface area contributed by atoms with Gasteiger partial charge in [-0.3, -0.25) is 13.9 Å². The van der Waals surface area contributed by atoms with E-state index in [0.717, 1.165) is 9.87 Å². The Kier molecular flexibility index (Phi) is 10.1. The van der Waals surface area contributed by atoms with E-state index in [4.69, 9.17) is 11.6 Å². The molecule has 0 heterocycles. The van der Waals surface area contributed by atoms with Crippen LogP contribution in [-0.2, 0) is 26.2 Å². The summed E-state index contributed by atoms with van der Waals surface area (Å²) in [6.07, 6.45) is 0.709. The number of hydrogen-bond acceptors (Lipinski definition) is 4. The van der Waals surface area contributed by atoms with Crippen molar-refractivity contribution in [2.75, 3.05) is 17.4 Å². The second-order valence-corrected chi connectivity index (χ2v) is 11.6. The Morgan fingerprint density at radius 2 is 1.64 bits per heavy atom. The first-order valence-corrected chi connectivity index (χ1v) is 14.4. The van der Waals surface area contributed by atoms with Crippen LogP contribution in [-0.4, -0.2) is 44.3 Å². The van der Waals surface area contributed by atoms with Gasteiger partial charge in [0.25, 0.3) is 10.0 Å². The van der Waals surface area contributed by atoms with Crippen molar-refractivity contribution in [3.63, 3.8) is 0 Å². The van der Waals surface area contributed by atoms with Gasteiger partial charge in [-0.15, -0.1) is 0 Å². The summed E-state index contributed by atoms with van der Waals surface area (Å²) in [5.74, 6) is -1.41. The van der Waals surface area contributed by atoms with Gasteiger partial charge in [0.15, 0.2) is 0 Å². The number of halogens is 2. The van der Waals surface area contributed by atoms with Crippen LogP contribution < -0.4 is 9.62 Å². The average molecular weight is 574 g/mol. The highest BCUT2D eigenvalue weighted by molar-refractivity contribution is 7.92. The monoisotopic (exact) mass is 573 g/mol. The number of amides is 2. The predicted molar refractivity (Wildman–Crippen MR) is 152 cm³/mol. The molecule has 3 rings (SSSR count). The molecule has 208 valence electrons. The van der Waals surface area contributed by atoms with Crippen molar-refractivity contribution in [2.24, 2.45) is 0 Å². The number of anilines is 1. The minimum Gasteiger partial charge on any atom is -0.354 e. The molecule has 0 aliphatic rings. The number of rotatable bonds is 11. The fraction of sp³-hybridized carbons (Fsp3) is 0.310. The van der Waals surface area contributed by atoms with Crippen LogP contribution >= 0.6 is 11.6 Å². The van der Waals surface area contributed by atoms with E-state index in [2.05, 4.69) is 5.32 Å². The smallest absolute Gasteiger partial charge is 0.264 e. The molecular weight excluding hydrogens is 541 g/mol. The lowest BCUT2D eigenvalue weighted by molar-refractivity contribution is -0.139. The fourth-order valence-corrected chi connectivity index (χ4v) is 5.62. The van der Waals surface area contributed by atoms with E-state index in [1.807, 2.05) is 13.8 Å². The van der Waals surface area contributed by atoms with Gasteiger partial charge in [0.2, 0.25) is 11.8 Å². The normalized spacial score (nSPS) is 12.1. The van der Waals surface area contributed by atoms with E-state index in [-0.39, 0.29) is 23.0 Å². The number of benzene rings is 3. The number of nitrogens with zero attached hydrogens (tertiary/aromatic N) is 2. The Morgan fingerprint density at radius 3 is 2.26 bits per heavy atom. The lowest BCUT2D eigenvalue weighted by Crippen LogP contribution is -2.51. The molecule has 0 radical (unpaired) electrons. The van der Waals surface area contributed by atoms with Crippen molar-refractivity contribution in [2.45, 2.75) is 51.6 Å². The molecule has 0 bridgehead atoms. The second kappa shape index (κ2) is 13.1. The van der Waals surface area contributed by atoms with Crippen LogP contribution in [0, 0.1) is 19.7 Å². The number of nitrogens with one attached hydrogen (secondary N) is 1. The van der Waals surface area contributed by atoms with Gasteiger partial charge < -0.3 is 10.2 Å². The van der Waals surface area contributed by atoms with E-state index in [0.29, 0.717) is 29.1 Å². The van der Waals surface area contributed by atoms with Gasteiger partial charge in [-0.2, -0.15) is 0 Å². The SMILES string of the molecule is CCCNC(=O)[C@@H](C)N(Cc1ccc(F)cc1)C(=O)CN(c1cccc(Cl)c1C)S(=O)(=O)c1ccc(C)cc1. The van der Waals surface area contributed by atoms with Gasteiger partial charge in [0, 0.05) is 18.1 Å². The molecule has 1 N–H and O–H groups in total. The van der Waals surface area contributed by atoms with Crippen LogP contribution in [0.5, 0.6) is 0 Å². The topological polar surface area (TPSA) is 86.8 Å². The lowest BCUT2D eigenvalue weighted by Gasteiger charge is -2.32. The van der Waals surface area contributed by atoms with Gasteiger partial charge in [-0.05, 0) is 74.7 Å². The molecule has 0 fully saturated rings. The summed E-state index contributed by atoms with van der Waals surface area (Å²) in [7, 11) is -4.20. The molecule has 1 atom stereocenters. The summed E-state index contributed by atoms with van der Waals surface area (Å²) in [6.45, 7) is 6.84. The van der Waals surface area contributed by atoms with Crippen LogP contribution in [0.3, 0.4) is 0 Å². The lowest BCUT2D eigenvalue weighted by atomic mass is 10.1. The molecule has 0 aromatic heterocycles. The molecule has 0 unspecified atom stereocenters. The van der Waals surface area contributed by atoms with Crippen LogP contribution in [0.15, 0.2) is 71.6 Å². The fourth-order valence-electron chi connectivity index (χ4n) is 3.98. The van der Waals surface area contributed by atoms with E-state index in [1.165, 1.54) is 41.3 Å². The highest BCUT2D eigenvalue weighted by Gasteiger charge is 2.33. The molecular formula is C29H33ClFN3O4S. The Balaban J connectivity index is 2.05. The van der Waals surface area contributed by atoms with Gasteiger partial charge >= 0.3 is 0 Å². The zero-order valence-corrected chi connectivity index (χ0v) is 24.0. The van der Waals surface area contributed by atoms with Crippen LogP contribution in [0.2, 0.25) is 5.02 Å². The van der Waals surface area contributed by atoms with Crippen LogP contribution in [0.1, 0.15) is 37.0 Å². The Morgan fingerprint density at radius 1 is 1.00 bits per heavy atom. The Hall–Kier alpha value is -3.43. The maximum Gasteiger partial charge on any atom is 0.264 e. The number of sulfonamides is 1. The van der Waals surface area contributed by atoms with E-state index < -0.39 is 34.3 Å². The molecule has 10 heteroatoms. The summed E-state index contributed by atoms with van der Waals surface area (Å²) in [5, 5.41) is 3.13. The first-order chi connectivity index (χ1) is 18.4. The molecule has 39 heavy (non-hydrogen) atoms. The molecule has 3 aromatic rings. The number of hydrogen-bond donors (Lipinski definition) is 1. The highest BCUT2D eigenvalue weighted by atomic mass is 35.5. The molecule has 3 aromatic carbocycles. The minimum atomic E-state index is -4.20. The predicted octanol–water partition coefficient (Wildman–Crippen LogP) is 5.23. The molecule has 0 spiro atoms. The molecule has 2 amide bonds. The number of aryl methyl sites for hydroxylation is 1. The molecule has 0 saturated carbocycles. The largest absolute Gasteiger partial charge is 0.354 e. The maximum atomic E-state index is 13.9. The zero-order valence-electron chi connectivity index (χ0n) is 22.4. The van der Waals surface area contributed by atoms with Gasteiger partial charge in [-0.1, -0.05) is 54.4 Å². The van der Waals surface area contributed by atoms with Crippen LogP contribution in [0.25, 0.3) is 0 Å². The standard InChI is InChI=1S/C29H33ClFN3O4S/c1-5-17-32-29(36)22(4)33(18-23-11-13-24(31)14-12-23)28(35)19-34(27-8-6-7-26(30)21(27)3)39(37,38)25-15-9-20(2)10-16-25/h6-16,22H,5,17-19H2,1-4H3,(H,32,36)/t22-/m1/s1.